The van der Waals surface area contributed by atoms with Gasteiger partial charge in [-0.15, -0.1) is 0 Å². The number of carboxylic acids is 1. The van der Waals surface area contributed by atoms with Gasteiger partial charge in [0.15, 0.2) is 11.4 Å². The quantitative estimate of drug-likeness (QED) is 0.703. The third-order valence-electron chi connectivity index (χ3n) is 8.84. The number of epoxide rings is 1. The van der Waals surface area contributed by atoms with Crippen LogP contribution in [0, 0.1) is 28.6 Å². The van der Waals surface area contributed by atoms with Crippen molar-refractivity contribution in [1.82, 2.24) is 0 Å². The minimum atomic E-state index is -1.70. The van der Waals surface area contributed by atoms with Crippen molar-refractivity contribution in [3.63, 3.8) is 0 Å². The van der Waals surface area contributed by atoms with E-state index >= 15 is 0 Å². The molecule has 26 heavy (non-hydrogen) atoms. The monoisotopic (exact) mass is 358 g/mol. The number of aliphatic hydroxyl groups is 1. The number of allylic oxidation sites excluding steroid dienone is 2. The zero-order chi connectivity index (χ0) is 18.7. The highest BCUT2D eigenvalue weighted by atomic mass is 16.6. The Morgan fingerprint density at radius 2 is 2.04 bits per heavy atom. The largest absolute Gasteiger partial charge is 0.479 e. The molecule has 0 amide bonds. The molecule has 5 heteroatoms. The zero-order valence-electron chi connectivity index (χ0n) is 15.5. The predicted octanol–water partition coefficient (Wildman–Crippen LogP) is 2.49. The molecule has 0 aromatic rings. The van der Waals surface area contributed by atoms with E-state index in [9.17, 15) is 19.8 Å². The molecular formula is C21H26O5. The molecule has 0 bridgehead atoms. The lowest BCUT2D eigenvalue weighted by atomic mass is 9.47. The predicted molar refractivity (Wildman–Crippen MR) is 93.2 cm³/mol. The maximum Gasteiger partial charge on any atom is 0.336 e. The van der Waals surface area contributed by atoms with E-state index in [-0.39, 0.29) is 40.7 Å². The Morgan fingerprint density at radius 3 is 2.73 bits per heavy atom. The van der Waals surface area contributed by atoms with Gasteiger partial charge < -0.3 is 14.9 Å². The van der Waals surface area contributed by atoms with Crippen LogP contribution in [0.5, 0.6) is 0 Å². The fourth-order valence-corrected chi connectivity index (χ4v) is 7.44. The smallest absolute Gasteiger partial charge is 0.336 e. The topological polar surface area (TPSA) is 87.1 Å². The minimum absolute atomic E-state index is 0.0416. The second kappa shape index (κ2) is 4.50. The average molecular weight is 358 g/mol. The highest BCUT2D eigenvalue weighted by Crippen LogP contribution is 2.76. The summed E-state index contributed by atoms with van der Waals surface area (Å²) in [5.74, 6) is -1.02. The fraction of sp³-hybridized carbons (Fsp3) is 0.714. The molecule has 4 fully saturated rings. The number of ketones is 1. The number of ether oxygens (including phenoxy) is 1. The van der Waals surface area contributed by atoms with Crippen molar-refractivity contribution in [3.8, 4) is 0 Å². The molecule has 5 nitrogen and oxygen atoms in total. The van der Waals surface area contributed by atoms with Crippen LogP contribution in [0.1, 0.15) is 46.5 Å². The van der Waals surface area contributed by atoms with E-state index in [1.807, 2.05) is 19.9 Å². The molecule has 1 aliphatic heterocycles. The van der Waals surface area contributed by atoms with E-state index in [0.717, 1.165) is 18.4 Å². The molecular weight excluding hydrogens is 332 g/mol. The lowest BCUT2D eigenvalue weighted by molar-refractivity contribution is -0.183. The van der Waals surface area contributed by atoms with Crippen LogP contribution in [0.2, 0.25) is 0 Å². The van der Waals surface area contributed by atoms with Gasteiger partial charge in [0.25, 0.3) is 0 Å². The summed E-state index contributed by atoms with van der Waals surface area (Å²) in [6.45, 7) is 5.99. The van der Waals surface area contributed by atoms with Gasteiger partial charge in [0.2, 0.25) is 0 Å². The van der Waals surface area contributed by atoms with Crippen LogP contribution in [-0.2, 0) is 14.3 Å². The molecule has 0 unspecified atom stereocenters. The second-order valence-corrected chi connectivity index (χ2v) is 9.59. The zero-order valence-corrected chi connectivity index (χ0v) is 15.5. The summed E-state index contributed by atoms with van der Waals surface area (Å²) >= 11 is 0. The Hall–Kier alpha value is -1.46. The summed E-state index contributed by atoms with van der Waals surface area (Å²) in [6.07, 6.45) is 8.37. The molecule has 0 aromatic carbocycles. The van der Waals surface area contributed by atoms with Gasteiger partial charge in [-0.3, -0.25) is 4.79 Å². The number of hydrogen-bond acceptors (Lipinski definition) is 4. The van der Waals surface area contributed by atoms with E-state index in [0.29, 0.717) is 12.8 Å². The first kappa shape index (κ1) is 16.7. The Labute approximate surface area is 153 Å². The van der Waals surface area contributed by atoms with Crippen LogP contribution >= 0.6 is 0 Å². The second-order valence-electron chi connectivity index (χ2n) is 9.59. The molecule has 3 saturated carbocycles. The van der Waals surface area contributed by atoms with Crippen LogP contribution < -0.4 is 0 Å². The van der Waals surface area contributed by atoms with E-state index in [1.165, 1.54) is 0 Å². The number of fused-ring (bicyclic) bond motifs is 3. The summed E-state index contributed by atoms with van der Waals surface area (Å²) in [5.41, 5.74) is -1.89. The van der Waals surface area contributed by atoms with Gasteiger partial charge >= 0.3 is 5.97 Å². The first-order valence-corrected chi connectivity index (χ1v) is 9.69. The highest BCUT2D eigenvalue weighted by Gasteiger charge is 2.82. The number of carboxylic acid groups (broad SMARTS) is 1. The highest BCUT2D eigenvalue weighted by molar-refractivity contribution is 6.01. The lowest BCUT2D eigenvalue weighted by Crippen LogP contribution is -2.61. The summed E-state index contributed by atoms with van der Waals surface area (Å²) in [4.78, 5) is 23.9. The van der Waals surface area contributed by atoms with Crippen LogP contribution in [0.3, 0.4) is 0 Å². The van der Waals surface area contributed by atoms with Crippen molar-refractivity contribution in [2.24, 2.45) is 28.6 Å². The van der Waals surface area contributed by atoms with Gasteiger partial charge in [-0.05, 0) is 62.5 Å². The van der Waals surface area contributed by atoms with Crippen LogP contribution in [0.25, 0.3) is 0 Å². The first-order valence-electron chi connectivity index (χ1n) is 9.69. The number of rotatable bonds is 1. The standard InChI is InChI=1S/C21H26O5/c1-11-8-15-14-5-4-12-9-13(22)6-7-18(12,2)21(14)16(26-21)10-19(15,3)20(11,25)17(23)24/h6-7,9,11,14-16,25H,4-5,8,10H2,1-3H3,(H,23,24)/t11-,14+,15+,16+,18+,19+,20+,21-/m1/s1. The Morgan fingerprint density at radius 1 is 1.31 bits per heavy atom. The molecule has 8 atom stereocenters. The molecule has 1 spiro atoms. The Balaban J connectivity index is 1.62. The molecule has 5 rings (SSSR count). The average Bonchev–Trinajstić information content (AvgIpc) is 3.25. The molecule has 5 aliphatic rings. The van der Waals surface area contributed by atoms with Crippen molar-refractivity contribution in [1.29, 1.82) is 0 Å². The van der Waals surface area contributed by atoms with Gasteiger partial charge in [-0.2, -0.15) is 0 Å². The third-order valence-corrected chi connectivity index (χ3v) is 8.84. The third kappa shape index (κ3) is 1.50. The number of carbonyl (C=O) groups excluding carboxylic acids is 1. The van der Waals surface area contributed by atoms with Crippen molar-refractivity contribution in [2.45, 2.75) is 63.8 Å². The first-order chi connectivity index (χ1) is 12.1. The van der Waals surface area contributed by atoms with Crippen LogP contribution in [-0.4, -0.2) is 39.3 Å². The lowest BCUT2D eigenvalue weighted by Gasteiger charge is -2.55. The molecule has 4 aliphatic carbocycles. The summed E-state index contributed by atoms with van der Waals surface area (Å²) < 4.78 is 6.38. The van der Waals surface area contributed by atoms with Gasteiger partial charge in [-0.25, -0.2) is 4.79 Å². The minimum Gasteiger partial charge on any atom is -0.479 e. The molecule has 1 saturated heterocycles. The van der Waals surface area contributed by atoms with Crippen molar-refractivity contribution in [3.05, 3.63) is 23.8 Å². The SMILES string of the molecule is C[C@@H]1C[C@H]2[C@@H]3CCC4=CC(=O)C=C[C@]4(C)[C@@]34O[C@H]4C[C@]2(C)[C@@]1(O)C(=O)O. The summed E-state index contributed by atoms with van der Waals surface area (Å²) in [5, 5.41) is 21.1. The molecule has 140 valence electrons. The maximum absolute atomic E-state index is 12.1. The van der Waals surface area contributed by atoms with Crippen molar-refractivity contribution in [2.75, 3.05) is 0 Å². The van der Waals surface area contributed by atoms with Crippen LogP contribution in [0.4, 0.5) is 0 Å². The van der Waals surface area contributed by atoms with E-state index < -0.39 is 17.0 Å². The fourth-order valence-electron chi connectivity index (χ4n) is 7.44. The maximum atomic E-state index is 12.1. The molecule has 0 radical (unpaired) electrons. The molecule has 0 aromatic heterocycles. The van der Waals surface area contributed by atoms with Crippen molar-refractivity contribution >= 4 is 11.8 Å². The van der Waals surface area contributed by atoms with Gasteiger partial charge in [-0.1, -0.05) is 25.5 Å². The molecule has 2 N–H and O–H groups in total. The van der Waals surface area contributed by atoms with Crippen molar-refractivity contribution < 1.29 is 24.5 Å². The molecule has 1 heterocycles. The summed E-state index contributed by atoms with van der Waals surface area (Å²) in [7, 11) is 0. The van der Waals surface area contributed by atoms with Gasteiger partial charge in [0.05, 0.1) is 6.10 Å². The van der Waals surface area contributed by atoms with Crippen LogP contribution in [0.15, 0.2) is 23.8 Å². The van der Waals surface area contributed by atoms with E-state index in [2.05, 4.69) is 6.92 Å². The van der Waals surface area contributed by atoms with E-state index in [1.54, 1.807) is 12.2 Å². The number of aliphatic carboxylic acids is 1. The summed E-state index contributed by atoms with van der Waals surface area (Å²) in [6, 6.07) is 0. The number of hydrogen-bond donors (Lipinski definition) is 2. The Bertz CT molecular complexity index is 798. The van der Waals surface area contributed by atoms with Gasteiger partial charge in [0.1, 0.15) is 5.60 Å². The Kier molecular flexibility index (Phi) is 2.89. The van der Waals surface area contributed by atoms with E-state index in [4.69, 9.17) is 4.74 Å². The van der Waals surface area contributed by atoms with Gasteiger partial charge in [0, 0.05) is 10.8 Å². The normalized spacial score (nSPS) is 56.8. The number of carbonyl (C=O) groups is 2.